The van der Waals surface area contributed by atoms with Crippen LogP contribution in [0.3, 0.4) is 0 Å². The van der Waals surface area contributed by atoms with E-state index in [2.05, 4.69) is 15.7 Å². The molecule has 0 saturated heterocycles. The second kappa shape index (κ2) is 6.40. The summed E-state index contributed by atoms with van der Waals surface area (Å²) in [5.74, 6) is -0.314. The number of aromatic nitrogens is 4. The number of carbonyl (C=O) groups is 1. The van der Waals surface area contributed by atoms with E-state index in [4.69, 9.17) is 0 Å². The molecule has 8 heteroatoms. The van der Waals surface area contributed by atoms with E-state index >= 15 is 0 Å². The molecule has 1 amide bonds. The van der Waals surface area contributed by atoms with Gasteiger partial charge in [-0.15, -0.1) is 11.3 Å². The van der Waals surface area contributed by atoms with Crippen LogP contribution in [0, 0.1) is 20.8 Å². The van der Waals surface area contributed by atoms with Gasteiger partial charge in [-0.05, 0) is 59.8 Å². The zero-order valence-corrected chi connectivity index (χ0v) is 14.4. The second-order valence-electron chi connectivity index (χ2n) is 5.60. The second-order valence-corrected chi connectivity index (χ2v) is 6.53. The maximum absolute atomic E-state index is 12.3. The smallest absolute Gasteiger partial charge is 0.324 e. The van der Waals surface area contributed by atoms with Gasteiger partial charge >= 0.3 is 5.69 Å². The average Bonchev–Trinajstić information content (AvgIpc) is 3.14. The largest absolute Gasteiger partial charge is 0.369 e. The van der Waals surface area contributed by atoms with Crippen LogP contribution in [0.15, 0.2) is 34.4 Å². The van der Waals surface area contributed by atoms with Crippen molar-refractivity contribution < 1.29 is 4.79 Å². The summed E-state index contributed by atoms with van der Waals surface area (Å²) in [6.45, 7) is 5.70. The lowest BCUT2D eigenvalue weighted by atomic mass is 10.1. The lowest BCUT2D eigenvalue weighted by molar-refractivity contribution is -0.117. The van der Waals surface area contributed by atoms with Crippen molar-refractivity contribution in [3.05, 3.63) is 56.8 Å². The highest BCUT2D eigenvalue weighted by Crippen LogP contribution is 2.21. The molecule has 0 saturated carbocycles. The lowest BCUT2D eigenvalue weighted by Crippen LogP contribution is -2.29. The van der Waals surface area contributed by atoms with Crippen LogP contribution in [0.25, 0.3) is 5.00 Å². The number of tetrazole rings is 1. The van der Waals surface area contributed by atoms with E-state index in [1.165, 1.54) is 16.0 Å². The van der Waals surface area contributed by atoms with E-state index in [1.807, 2.05) is 44.4 Å². The fourth-order valence-corrected chi connectivity index (χ4v) is 3.26. The Morgan fingerprint density at radius 2 is 1.92 bits per heavy atom. The number of benzene rings is 1. The number of amides is 1. The van der Waals surface area contributed by atoms with Gasteiger partial charge in [0.1, 0.15) is 11.5 Å². The lowest BCUT2D eigenvalue weighted by Gasteiger charge is -2.12. The number of nitrogens with zero attached hydrogens (tertiary/aromatic N) is 4. The van der Waals surface area contributed by atoms with Crippen molar-refractivity contribution >= 4 is 22.9 Å². The Bertz CT molecular complexity index is 917. The third-order valence-corrected chi connectivity index (χ3v) is 4.43. The molecular formula is C16H17N5O2S. The van der Waals surface area contributed by atoms with Crippen molar-refractivity contribution in [1.82, 2.24) is 19.8 Å². The molecule has 124 valence electrons. The van der Waals surface area contributed by atoms with Gasteiger partial charge in [0, 0.05) is 5.69 Å². The number of thiophene rings is 1. The number of aryl methyl sites for hydroxylation is 3. The van der Waals surface area contributed by atoms with Crippen molar-refractivity contribution in [2.24, 2.45) is 0 Å². The predicted molar refractivity (Wildman–Crippen MR) is 92.8 cm³/mol. The molecule has 0 atom stereocenters. The van der Waals surface area contributed by atoms with E-state index in [-0.39, 0.29) is 12.5 Å². The first-order valence-electron chi connectivity index (χ1n) is 7.40. The number of carbonyl (C=O) groups excluding carboxylic acids is 1. The molecule has 0 spiro atoms. The number of hydrogen-bond donors (Lipinski definition) is 1. The molecule has 0 aliphatic rings. The van der Waals surface area contributed by atoms with Crippen LogP contribution in [-0.2, 0) is 11.3 Å². The zero-order valence-electron chi connectivity index (χ0n) is 13.6. The van der Waals surface area contributed by atoms with Gasteiger partial charge < -0.3 is 5.32 Å². The fraction of sp³-hybridized carbons (Fsp3) is 0.250. The number of hydrogen-bond acceptors (Lipinski definition) is 5. The first kappa shape index (κ1) is 16.1. The molecule has 0 fully saturated rings. The van der Waals surface area contributed by atoms with Crippen molar-refractivity contribution in [2.75, 3.05) is 5.32 Å². The van der Waals surface area contributed by atoms with Gasteiger partial charge in [0.05, 0.1) is 0 Å². The van der Waals surface area contributed by atoms with Crippen molar-refractivity contribution in [1.29, 1.82) is 0 Å². The quantitative estimate of drug-likeness (QED) is 0.786. The molecule has 1 aromatic carbocycles. The highest BCUT2D eigenvalue weighted by atomic mass is 32.1. The van der Waals surface area contributed by atoms with Gasteiger partial charge in [0.25, 0.3) is 0 Å². The van der Waals surface area contributed by atoms with Crippen molar-refractivity contribution in [3.63, 3.8) is 0 Å². The Labute approximate surface area is 142 Å². The molecule has 2 heterocycles. The molecule has 3 rings (SSSR count). The summed E-state index contributed by atoms with van der Waals surface area (Å²) in [4.78, 5) is 24.5. The zero-order chi connectivity index (χ0) is 17.3. The van der Waals surface area contributed by atoms with Gasteiger partial charge in [0.2, 0.25) is 5.91 Å². The van der Waals surface area contributed by atoms with Gasteiger partial charge in [-0.25, -0.2) is 4.79 Å². The normalized spacial score (nSPS) is 10.8. The highest BCUT2D eigenvalue weighted by molar-refractivity contribution is 7.12. The number of nitrogens with one attached hydrogen (secondary N) is 1. The van der Waals surface area contributed by atoms with Gasteiger partial charge in [-0.1, -0.05) is 17.7 Å². The SMILES string of the molecule is Cc1cc(C)c(NC(=O)Cn2nnn(-c3cccs3)c2=O)c(C)c1. The molecule has 1 N–H and O–H groups in total. The molecule has 2 aromatic heterocycles. The first-order chi connectivity index (χ1) is 11.5. The summed E-state index contributed by atoms with van der Waals surface area (Å²) in [7, 11) is 0. The van der Waals surface area contributed by atoms with Gasteiger partial charge in [-0.2, -0.15) is 9.36 Å². The highest BCUT2D eigenvalue weighted by Gasteiger charge is 2.14. The third kappa shape index (κ3) is 3.13. The summed E-state index contributed by atoms with van der Waals surface area (Å²) < 4.78 is 2.23. The Hall–Kier alpha value is -2.74. The van der Waals surface area contributed by atoms with Crippen LogP contribution in [-0.4, -0.2) is 25.7 Å². The Balaban J connectivity index is 1.78. The maximum Gasteiger partial charge on any atom is 0.369 e. The van der Waals surface area contributed by atoms with E-state index < -0.39 is 5.69 Å². The van der Waals surface area contributed by atoms with Gasteiger partial charge in [0.15, 0.2) is 0 Å². The summed E-state index contributed by atoms with van der Waals surface area (Å²) in [5.41, 5.74) is 3.43. The van der Waals surface area contributed by atoms with E-state index in [0.717, 1.165) is 27.1 Å². The molecule has 7 nitrogen and oxygen atoms in total. The minimum Gasteiger partial charge on any atom is -0.324 e. The minimum absolute atomic E-state index is 0.184. The predicted octanol–water partition coefficient (Wildman–Crippen LogP) is 2.05. The van der Waals surface area contributed by atoms with Crippen molar-refractivity contribution in [2.45, 2.75) is 27.3 Å². The van der Waals surface area contributed by atoms with E-state index in [0.29, 0.717) is 5.00 Å². The standard InChI is InChI=1S/C16H17N5O2S/c1-10-7-11(2)15(12(3)8-10)17-13(22)9-20-16(23)21(19-18-20)14-5-4-6-24-14/h4-8H,9H2,1-3H3,(H,17,22). The summed E-state index contributed by atoms with van der Waals surface area (Å²) in [6.07, 6.45) is 0. The summed E-state index contributed by atoms with van der Waals surface area (Å²) in [6, 6.07) is 7.59. The fourth-order valence-electron chi connectivity index (χ4n) is 2.59. The van der Waals surface area contributed by atoms with Crippen LogP contribution in [0.2, 0.25) is 0 Å². The molecule has 0 aliphatic heterocycles. The molecule has 0 unspecified atom stereocenters. The molecule has 0 bridgehead atoms. The topological polar surface area (TPSA) is 81.8 Å². The molecule has 0 aliphatic carbocycles. The Morgan fingerprint density at radius 3 is 2.54 bits per heavy atom. The average molecular weight is 343 g/mol. The van der Waals surface area contributed by atoms with Crippen molar-refractivity contribution in [3.8, 4) is 5.00 Å². The maximum atomic E-state index is 12.3. The molecule has 24 heavy (non-hydrogen) atoms. The Kier molecular flexibility index (Phi) is 4.30. The molecule has 0 radical (unpaired) electrons. The molecular weight excluding hydrogens is 326 g/mol. The van der Waals surface area contributed by atoms with E-state index in [1.54, 1.807) is 6.07 Å². The Morgan fingerprint density at radius 1 is 1.21 bits per heavy atom. The summed E-state index contributed by atoms with van der Waals surface area (Å²) in [5, 5.41) is 12.9. The van der Waals surface area contributed by atoms with E-state index in [9.17, 15) is 9.59 Å². The van der Waals surface area contributed by atoms with Crippen LogP contribution < -0.4 is 11.0 Å². The van der Waals surface area contributed by atoms with Crippen LogP contribution >= 0.6 is 11.3 Å². The number of anilines is 1. The molecule has 3 aromatic rings. The minimum atomic E-state index is -0.440. The summed E-state index contributed by atoms with van der Waals surface area (Å²) >= 11 is 1.38. The first-order valence-corrected chi connectivity index (χ1v) is 8.28. The van der Waals surface area contributed by atoms with Crippen LogP contribution in [0.5, 0.6) is 0 Å². The van der Waals surface area contributed by atoms with Crippen LogP contribution in [0.4, 0.5) is 5.69 Å². The third-order valence-electron chi connectivity index (χ3n) is 3.59. The monoisotopic (exact) mass is 343 g/mol. The van der Waals surface area contributed by atoms with Crippen LogP contribution in [0.1, 0.15) is 16.7 Å². The van der Waals surface area contributed by atoms with Gasteiger partial charge in [-0.3, -0.25) is 4.79 Å². The number of rotatable bonds is 4.